The molecule has 2 heteroatoms. The number of hydrogen-bond acceptors (Lipinski definition) is 2. The van der Waals surface area contributed by atoms with Gasteiger partial charge in [-0.15, -0.1) is 0 Å². The second-order valence-corrected chi connectivity index (χ2v) is 5.17. The molecule has 0 atom stereocenters. The molecule has 0 saturated carbocycles. The maximum atomic E-state index is 3.45. The molecular formula is C13H30N2. The zero-order valence-corrected chi connectivity index (χ0v) is 11.4. The summed E-state index contributed by atoms with van der Waals surface area (Å²) in [5.74, 6) is 0. The maximum Gasteiger partial charge on any atom is 0.00447 e. The number of hydrogen-bond donors (Lipinski definition) is 1. The molecule has 0 aromatic heterocycles. The largest absolute Gasteiger partial charge is 0.316 e. The van der Waals surface area contributed by atoms with Gasteiger partial charge in [-0.1, -0.05) is 41.0 Å². The lowest BCUT2D eigenvalue weighted by molar-refractivity contribution is 0.179. The van der Waals surface area contributed by atoms with Gasteiger partial charge in [0.15, 0.2) is 0 Å². The molecule has 0 radical (unpaired) electrons. The van der Waals surface area contributed by atoms with Crippen molar-refractivity contribution in [1.82, 2.24) is 10.2 Å². The Labute approximate surface area is 96.4 Å². The van der Waals surface area contributed by atoms with Crippen molar-refractivity contribution in [2.75, 3.05) is 32.7 Å². The molecule has 0 heterocycles. The van der Waals surface area contributed by atoms with Gasteiger partial charge in [0.05, 0.1) is 0 Å². The van der Waals surface area contributed by atoms with Crippen molar-refractivity contribution in [1.29, 1.82) is 0 Å². The predicted octanol–water partition coefficient (Wildman–Crippen LogP) is 2.74. The van der Waals surface area contributed by atoms with Crippen molar-refractivity contribution < 1.29 is 0 Å². The summed E-state index contributed by atoms with van der Waals surface area (Å²) in [6.07, 6.45) is 2.62. The lowest BCUT2D eigenvalue weighted by Crippen LogP contribution is -2.40. The molecule has 0 rings (SSSR count). The van der Waals surface area contributed by atoms with Gasteiger partial charge >= 0.3 is 0 Å². The van der Waals surface area contributed by atoms with Crippen LogP contribution in [0, 0.1) is 5.41 Å². The molecule has 15 heavy (non-hydrogen) atoms. The van der Waals surface area contributed by atoms with Gasteiger partial charge in [-0.25, -0.2) is 0 Å². The summed E-state index contributed by atoms with van der Waals surface area (Å²) in [6.45, 7) is 17.2. The summed E-state index contributed by atoms with van der Waals surface area (Å²) in [4.78, 5) is 2.57. The van der Waals surface area contributed by atoms with Crippen molar-refractivity contribution in [2.45, 2.75) is 47.5 Å². The van der Waals surface area contributed by atoms with Gasteiger partial charge in [0.2, 0.25) is 0 Å². The minimum Gasteiger partial charge on any atom is -0.316 e. The summed E-state index contributed by atoms with van der Waals surface area (Å²) in [7, 11) is 0. The van der Waals surface area contributed by atoms with E-state index in [0.717, 1.165) is 13.1 Å². The maximum absolute atomic E-state index is 3.45. The van der Waals surface area contributed by atoms with Crippen molar-refractivity contribution >= 4 is 0 Å². The molecule has 0 spiro atoms. The molecule has 0 bridgehead atoms. The monoisotopic (exact) mass is 214 g/mol. The Morgan fingerprint density at radius 3 is 2.27 bits per heavy atom. The lowest BCUT2D eigenvalue weighted by atomic mass is 9.92. The smallest absolute Gasteiger partial charge is 0.00447 e. The average molecular weight is 214 g/mol. The summed E-state index contributed by atoms with van der Waals surface area (Å²) in [5.41, 5.74) is 0.389. The lowest BCUT2D eigenvalue weighted by Gasteiger charge is -2.32. The van der Waals surface area contributed by atoms with Crippen LogP contribution < -0.4 is 5.32 Å². The van der Waals surface area contributed by atoms with Crippen molar-refractivity contribution in [2.24, 2.45) is 5.41 Å². The zero-order chi connectivity index (χ0) is 11.7. The van der Waals surface area contributed by atoms with E-state index in [2.05, 4.69) is 44.8 Å². The Kier molecular flexibility index (Phi) is 8.07. The average Bonchev–Trinajstić information content (AvgIpc) is 2.21. The van der Waals surface area contributed by atoms with Crippen LogP contribution >= 0.6 is 0 Å². The molecule has 0 aromatic carbocycles. The third kappa shape index (κ3) is 7.80. The van der Waals surface area contributed by atoms with E-state index in [1.54, 1.807) is 0 Å². The summed E-state index contributed by atoms with van der Waals surface area (Å²) in [6, 6.07) is 0. The van der Waals surface area contributed by atoms with Gasteiger partial charge in [-0.05, 0) is 31.5 Å². The Morgan fingerprint density at radius 1 is 1.13 bits per heavy atom. The van der Waals surface area contributed by atoms with E-state index in [4.69, 9.17) is 0 Å². The van der Waals surface area contributed by atoms with Gasteiger partial charge < -0.3 is 10.2 Å². The summed E-state index contributed by atoms with van der Waals surface area (Å²) >= 11 is 0. The van der Waals surface area contributed by atoms with Crippen molar-refractivity contribution in [3.05, 3.63) is 0 Å². The van der Waals surface area contributed by atoms with Gasteiger partial charge in [-0.2, -0.15) is 0 Å². The first kappa shape index (κ1) is 14.9. The van der Waals surface area contributed by atoms with Crippen LogP contribution in [0.4, 0.5) is 0 Å². The molecule has 0 amide bonds. The highest BCUT2D eigenvalue weighted by molar-refractivity contribution is 4.75. The van der Waals surface area contributed by atoms with Crippen molar-refractivity contribution in [3.8, 4) is 0 Å². The predicted molar refractivity (Wildman–Crippen MR) is 69.3 cm³/mol. The minimum atomic E-state index is 0.389. The molecule has 1 N–H and O–H groups in total. The first-order valence-electron chi connectivity index (χ1n) is 6.48. The van der Waals surface area contributed by atoms with Gasteiger partial charge in [-0.3, -0.25) is 0 Å². The highest BCUT2D eigenvalue weighted by Gasteiger charge is 2.20. The zero-order valence-electron chi connectivity index (χ0n) is 11.4. The van der Waals surface area contributed by atoms with E-state index in [9.17, 15) is 0 Å². The second-order valence-electron chi connectivity index (χ2n) is 5.17. The molecule has 92 valence electrons. The molecule has 0 unspecified atom stereocenters. The topological polar surface area (TPSA) is 15.3 Å². The number of rotatable bonds is 9. The van der Waals surface area contributed by atoms with Crippen LogP contribution in [0.15, 0.2) is 0 Å². The Bertz CT molecular complexity index is 143. The first-order chi connectivity index (χ1) is 7.05. The molecule has 0 aliphatic carbocycles. The summed E-state index contributed by atoms with van der Waals surface area (Å²) < 4.78 is 0. The SMILES string of the molecule is CCCCN(CC)CC(C)(C)CNCC. The Hall–Kier alpha value is -0.0800. The van der Waals surface area contributed by atoms with Crippen LogP contribution in [0.2, 0.25) is 0 Å². The highest BCUT2D eigenvalue weighted by Crippen LogP contribution is 2.16. The molecule has 0 saturated heterocycles. The van der Waals surface area contributed by atoms with Gasteiger partial charge in [0.25, 0.3) is 0 Å². The number of nitrogens with zero attached hydrogens (tertiary/aromatic N) is 1. The molecule has 0 fully saturated rings. The standard InChI is InChI=1S/C13H30N2/c1-6-9-10-15(8-3)12-13(4,5)11-14-7-2/h14H,6-12H2,1-5H3. The van der Waals surface area contributed by atoms with E-state index in [1.165, 1.54) is 32.5 Å². The van der Waals surface area contributed by atoms with E-state index in [-0.39, 0.29) is 0 Å². The minimum absolute atomic E-state index is 0.389. The first-order valence-corrected chi connectivity index (χ1v) is 6.48. The molecule has 0 aliphatic rings. The Balaban J connectivity index is 3.90. The van der Waals surface area contributed by atoms with Crippen LogP contribution in [-0.4, -0.2) is 37.6 Å². The van der Waals surface area contributed by atoms with E-state index < -0.39 is 0 Å². The third-order valence-electron chi connectivity index (χ3n) is 2.78. The van der Waals surface area contributed by atoms with Crippen molar-refractivity contribution in [3.63, 3.8) is 0 Å². The fourth-order valence-corrected chi connectivity index (χ4v) is 1.86. The molecule has 0 aromatic rings. The molecular weight excluding hydrogens is 184 g/mol. The Morgan fingerprint density at radius 2 is 1.80 bits per heavy atom. The third-order valence-corrected chi connectivity index (χ3v) is 2.78. The second kappa shape index (κ2) is 8.12. The van der Waals surface area contributed by atoms with E-state index in [1.807, 2.05) is 0 Å². The van der Waals surface area contributed by atoms with E-state index >= 15 is 0 Å². The molecule has 0 aliphatic heterocycles. The van der Waals surface area contributed by atoms with Crippen LogP contribution in [0.3, 0.4) is 0 Å². The normalized spacial score (nSPS) is 12.4. The number of nitrogens with one attached hydrogen (secondary N) is 1. The molecule has 2 nitrogen and oxygen atoms in total. The quantitative estimate of drug-likeness (QED) is 0.635. The van der Waals surface area contributed by atoms with Crippen LogP contribution in [0.25, 0.3) is 0 Å². The van der Waals surface area contributed by atoms with Gasteiger partial charge in [0, 0.05) is 13.1 Å². The fourth-order valence-electron chi connectivity index (χ4n) is 1.86. The number of unbranched alkanes of at least 4 members (excludes halogenated alkanes) is 1. The van der Waals surface area contributed by atoms with E-state index in [0.29, 0.717) is 5.41 Å². The van der Waals surface area contributed by atoms with Crippen LogP contribution in [0.1, 0.15) is 47.5 Å². The van der Waals surface area contributed by atoms with Crippen LogP contribution in [-0.2, 0) is 0 Å². The highest BCUT2D eigenvalue weighted by atomic mass is 15.1. The van der Waals surface area contributed by atoms with Crippen LogP contribution in [0.5, 0.6) is 0 Å². The fraction of sp³-hybridized carbons (Fsp3) is 1.00. The summed E-state index contributed by atoms with van der Waals surface area (Å²) in [5, 5.41) is 3.45. The van der Waals surface area contributed by atoms with Gasteiger partial charge in [0.1, 0.15) is 0 Å².